The fourth-order valence-corrected chi connectivity index (χ4v) is 1.48. The van der Waals surface area contributed by atoms with Crippen LogP contribution in [-0.4, -0.2) is 16.8 Å². The summed E-state index contributed by atoms with van der Waals surface area (Å²) >= 11 is 2.28. The smallest absolute Gasteiger partial charge is 0.120 e. The molecular weight excluding hydrogens is 279 g/mol. The molecule has 0 aromatic heterocycles. The minimum absolute atomic E-state index is 0.781. The summed E-state index contributed by atoms with van der Waals surface area (Å²) in [7, 11) is 3.40. The third-order valence-corrected chi connectivity index (χ3v) is 2.41. The van der Waals surface area contributed by atoms with Crippen molar-refractivity contribution in [2.75, 3.05) is 6.61 Å². The Morgan fingerprint density at radius 1 is 1.42 bits per heavy atom. The monoisotopic (exact) mass is 289 g/mol. The summed E-state index contributed by atoms with van der Waals surface area (Å²) in [4.78, 5) is 0. The number of hydrogen-bond acceptors (Lipinski definition) is 1. The van der Waals surface area contributed by atoms with Crippen LogP contribution >= 0.6 is 22.6 Å². The normalized spacial score (nSPS) is 9.83. The molecule has 1 aromatic rings. The van der Waals surface area contributed by atoms with Gasteiger partial charge < -0.3 is 4.74 Å². The Morgan fingerprint density at radius 3 is 2.92 bits per heavy atom. The van der Waals surface area contributed by atoms with Crippen molar-refractivity contribution in [2.45, 2.75) is 12.5 Å². The van der Waals surface area contributed by atoms with Crippen LogP contribution < -0.4 is 4.74 Å². The van der Waals surface area contributed by atoms with Crippen LogP contribution in [0.1, 0.15) is 6.42 Å². The minimum Gasteiger partial charge on any atom is -0.494 e. The maximum atomic E-state index is 5.49. The van der Waals surface area contributed by atoms with Crippen LogP contribution in [0.4, 0.5) is 0 Å². The summed E-state index contributed by atoms with van der Waals surface area (Å²) in [6.07, 6.45) is 1.04. The van der Waals surface area contributed by atoms with Crippen LogP contribution in [0, 0.1) is 3.57 Å². The second-order valence-electron chi connectivity index (χ2n) is 2.41. The van der Waals surface area contributed by atoms with Gasteiger partial charge in [0.25, 0.3) is 0 Å². The Balaban J connectivity index is 2.41. The molecule has 0 saturated carbocycles. The van der Waals surface area contributed by atoms with Crippen molar-refractivity contribution in [3.8, 4) is 5.75 Å². The van der Waals surface area contributed by atoms with Gasteiger partial charge in [-0.3, -0.25) is 0 Å². The maximum absolute atomic E-state index is 5.49. The molecule has 3 heteroatoms. The highest BCUT2D eigenvalue weighted by atomic mass is 127. The highest BCUT2D eigenvalue weighted by Gasteiger charge is 1.92. The van der Waals surface area contributed by atoms with E-state index in [9.17, 15) is 0 Å². The van der Waals surface area contributed by atoms with E-state index in [-0.39, 0.29) is 0 Å². The first-order chi connectivity index (χ1) is 5.83. The second kappa shape index (κ2) is 5.58. The molecule has 0 fully saturated rings. The van der Waals surface area contributed by atoms with E-state index in [1.165, 1.54) is 3.57 Å². The number of hydrogen-bond donors (Lipinski definition) is 0. The minimum atomic E-state index is 0.781. The zero-order valence-corrected chi connectivity index (χ0v) is 9.87. The van der Waals surface area contributed by atoms with Crippen molar-refractivity contribution in [2.24, 2.45) is 0 Å². The summed E-state index contributed by atoms with van der Waals surface area (Å²) in [6.45, 7) is 0.781. The van der Waals surface area contributed by atoms with Gasteiger partial charge in [-0.05, 0) is 47.2 Å². The molecule has 0 aliphatic heterocycles. The van der Waals surface area contributed by atoms with Gasteiger partial charge in [-0.25, -0.2) is 0 Å². The number of rotatable bonds is 4. The first kappa shape index (κ1) is 10.1. The van der Waals surface area contributed by atoms with Crippen molar-refractivity contribution in [3.63, 3.8) is 0 Å². The Morgan fingerprint density at radius 2 is 2.25 bits per heavy atom. The lowest BCUT2D eigenvalue weighted by Crippen LogP contribution is -1.96. The van der Waals surface area contributed by atoms with Crippen molar-refractivity contribution in [3.05, 3.63) is 27.8 Å². The van der Waals surface area contributed by atoms with Gasteiger partial charge in [0.1, 0.15) is 5.75 Å². The SMILES string of the molecule is [Si]CCCOc1cccc(I)c1. The van der Waals surface area contributed by atoms with E-state index in [1.54, 1.807) is 0 Å². The summed E-state index contributed by atoms with van der Waals surface area (Å²) < 4.78 is 6.70. The fourth-order valence-electron chi connectivity index (χ4n) is 0.819. The van der Waals surface area contributed by atoms with Crippen LogP contribution in [0.3, 0.4) is 0 Å². The standard InChI is InChI=1S/C9H10IOSi/c10-8-3-1-4-9(7-8)11-5-2-6-12/h1,3-4,7H,2,5-6H2. The summed E-state index contributed by atoms with van der Waals surface area (Å²) in [6, 6.07) is 9.07. The fraction of sp³-hybridized carbons (Fsp3) is 0.333. The van der Waals surface area contributed by atoms with Gasteiger partial charge >= 0.3 is 0 Å². The zero-order valence-electron chi connectivity index (χ0n) is 6.72. The van der Waals surface area contributed by atoms with Crippen LogP contribution in [0.25, 0.3) is 0 Å². The summed E-state index contributed by atoms with van der Waals surface area (Å²) in [5, 5.41) is 0. The highest BCUT2D eigenvalue weighted by Crippen LogP contribution is 2.14. The molecule has 63 valence electrons. The quantitative estimate of drug-likeness (QED) is 0.470. The van der Waals surface area contributed by atoms with Gasteiger partial charge in [-0.1, -0.05) is 12.1 Å². The molecule has 12 heavy (non-hydrogen) atoms. The lowest BCUT2D eigenvalue weighted by Gasteiger charge is -2.04. The number of halogens is 1. The molecule has 1 rings (SSSR count). The Kier molecular flexibility index (Phi) is 4.68. The Hall–Kier alpha value is -0.0331. The lowest BCUT2D eigenvalue weighted by molar-refractivity contribution is 0.317. The predicted octanol–water partition coefficient (Wildman–Crippen LogP) is 2.65. The maximum Gasteiger partial charge on any atom is 0.120 e. The molecule has 0 amide bonds. The van der Waals surface area contributed by atoms with E-state index < -0.39 is 0 Å². The van der Waals surface area contributed by atoms with E-state index in [0.717, 1.165) is 24.8 Å². The molecule has 1 aromatic carbocycles. The molecule has 0 N–H and O–H groups in total. The summed E-state index contributed by atoms with van der Waals surface area (Å²) in [5.74, 6) is 0.960. The molecule has 0 bridgehead atoms. The first-order valence-electron chi connectivity index (χ1n) is 3.86. The number of ether oxygens (including phenoxy) is 1. The molecule has 3 radical (unpaired) electrons. The van der Waals surface area contributed by atoms with Crippen molar-refractivity contribution in [1.82, 2.24) is 0 Å². The molecule has 0 saturated heterocycles. The van der Waals surface area contributed by atoms with Gasteiger partial charge in [0.2, 0.25) is 0 Å². The number of benzene rings is 1. The van der Waals surface area contributed by atoms with Gasteiger partial charge in [0.05, 0.1) is 6.61 Å². The Labute approximate surface area is 90.1 Å². The topological polar surface area (TPSA) is 9.23 Å². The van der Waals surface area contributed by atoms with Crippen molar-refractivity contribution >= 4 is 32.8 Å². The van der Waals surface area contributed by atoms with Gasteiger partial charge in [0.15, 0.2) is 0 Å². The van der Waals surface area contributed by atoms with E-state index >= 15 is 0 Å². The average Bonchev–Trinajstić information content (AvgIpc) is 2.05. The molecule has 1 nitrogen and oxygen atoms in total. The highest BCUT2D eigenvalue weighted by molar-refractivity contribution is 14.1. The van der Waals surface area contributed by atoms with Crippen LogP contribution in [-0.2, 0) is 0 Å². The summed E-state index contributed by atoms with van der Waals surface area (Å²) in [5.41, 5.74) is 0. The van der Waals surface area contributed by atoms with E-state index in [1.807, 2.05) is 18.2 Å². The molecule has 0 aliphatic carbocycles. The van der Waals surface area contributed by atoms with E-state index in [2.05, 4.69) is 38.9 Å². The molecule has 0 aliphatic rings. The zero-order chi connectivity index (χ0) is 8.81. The molecular formula is C9H10IOSi. The van der Waals surface area contributed by atoms with Crippen LogP contribution in [0.15, 0.2) is 24.3 Å². The molecule has 0 unspecified atom stereocenters. The lowest BCUT2D eigenvalue weighted by atomic mass is 10.3. The second-order valence-corrected chi connectivity index (χ2v) is 4.16. The van der Waals surface area contributed by atoms with Crippen molar-refractivity contribution < 1.29 is 4.74 Å². The molecule has 0 atom stereocenters. The third kappa shape index (κ3) is 3.58. The predicted molar refractivity (Wildman–Crippen MR) is 59.8 cm³/mol. The van der Waals surface area contributed by atoms with E-state index in [0.29, 0.717) is 0 Å². The average molecular weight is 289 g/mol. The largest absolute Gasteiger partial charge is 0.494 e. The third-order valence-electron chi connectivity index (χ3n) is 1.39. The Bertz CT molecular complexity index is 240. The van der Waals surface area contributed by atoms with Crippen molar-refractivity contribution in [1.29, 1.82) is 0 Å². The van der Waals surface area contributed by atoms with Crippen LogP contribution in [0.2, 0.25) is 6.04 Å². The molecule has 0 spiro atoms. The van der Waals surface area contributed by atoms with Gasteiger partial charge in [-0.15, -0.1) is 0 Å². The van der Waals surface area contributed by atoms with E-state index in [4.69, 9.17) is 4.74 Å². The van der Waals surface area contributed by atoms with Gasteiger partial charge in [-0.2, -0.15) is 0 Å². The molecule has 0 heterocycles. The first-order valence-corrected chi connectivity index (χ1v) is 5.64. The van der Waals surface area contributed by atoms with Crippen LogP contribution in [0.5, 0.6) is 5.75 Å². The van der Waals surface area contributed by atoms with Gasteiger partial charge in [0, 0.05) is 13.8 Å².